The Labute approximate surface area is 212 Å². The molecule has 2 aromatic heterocycles. The standard InChI is InChI=1S/C27H32N4O4S/c1-18-14-19(2)24(20(3)15-18)10-11-25-26(21(4)30-35-25)36(33,34)31-13-7-8-22(17-31)27(32)29-16-23-9-5-6-12-28-23/h5-6,9-12,14-15,22H,7-8,13,16-17H2,1-4H3,(H,29,32)/b11-10+/t22-/m0/s1. The fourth-order valence-corrected chi connectivity index (χ4v) is 6.51. The summed E-state index contributed by atoms with van der Waals surface area (Å²) in [6.45, 7) is 8.47. The van der Waals surface area contributed by atoms with Crippen LogP contribution in [0, 0.1) is 33.6 Å². The van der Waals surface area contributed by atoms with Crippen LogP contribution in [0.1, 0.15) is 52.2 Å². The molecule has 0 saturated carbocycles. The lowest BCUT2D eigenvalue weighted by Crippen LogP contribution is -2.45. The summed E-state index contributed by atoms with van der Waals surface area (Å²) >= 11 is 0. The van der Waals surface area contributed by atoms with Crippen LogP contribution in [-0.2, 0) is 21.4 Å². The number of nitrogens with one attached hydrogen (secondary N) is 1. The molecule has 36 heavy (non-hydrogen) atoms. The molecule has 0 radical (unpaired) electrons. The highest BCUT2D eigenvalue weighted by Gasteiger charge is 2.36. The third kappa shape index (κ3) is 5.57. The fraction of sp³-hybridized carbons (Fsp3) is 0.370. The van der Waals surface area contributed by atoms with Crippen molar-refractivity contribution in [3.63, 3.8) is 0 Å². The Kier molecular flexibility index (Phi) is 7.70. The van der Waals surface area contributed by atoms with Crippen molar-refractivity contribution < 1.29 is 17.7 Å². The van der Waals surface area contributed by atoms with E-state index in [1.54, 1.807) is 19.2 Å². The first-order chi connectivity index (χ1) is 17.2. The largest absolute Gasteiger partial charge is 0.355 e. The summed E-state index contributed by atoms with van der Waals surface area (Å²) in [6.07, 6.45) is 6.43. The molecule has 1 aliphatic rings. The van der Waals surface area contributed by atoms with Gasteiger partial charge in [0.15, 0.2) is 10.7 Å². The summed E-state index contributed by atoms with van der Waals surface area (Å²) in [5.41, 5.74) is 5.43. The van der Waals surface area contributed by atoms with Crippen molar-refractivity contribution in [2.45, 2.75) is 52.0 Å². The van der Waals surface area contributed by atoms with E-state index in [-0.39, 0.29) is 23.1 Å². The molecule has 8 nitrogen and oxygen atoms in total. The first-order valence-electron chi connectivity index (χ1n) is 12.1. The van der Waals surface area contributed by atoms with Crippen LogP contribution in [0.3, 0.4) is 0 Å². The van der Waals surface area contributed by atoms with Crippen molar-refractivity contribution in [2.75, 3.05) is 13.1 Å². The second kappa shape index (κ2) is 10.8. The molecule has 0 unspecified atom stereocenters. The van der Waals surface area contributed by atoms with Crippen LogP contribution in [0.5, 0.6) is 0 Å². The van der Waals surface area contributed by atoms with E-state index in [4.69, 9.17) is 4.52 Å². The van der Waals surface area contributed by atoms with Crippen LogP contribution in [0.15, 0.2) is 45.9 Å². The van der Waals surface area contributed by atoms with Crippen LogP contribution in [-0.4, -0.2) is 41.9 Å². The molecule has 1 aromatic carbocycles. The number of aryl methyl sites for hydroxylation is 4. The molecule has 1 N–H and O–H groups in total. The molecule has 1 atom stereocenters. The van der Waals surface area contributed by atoms with Gasteiger partial charge >= 0.3 is 0 Å². The first-order valence-corrected chi connectivity index (χ1v) is 13.5. The maximum absolute atomic E-state index is 13.7. The average molecular weight is 509 g/mol. The third-order valence-electron chi connectivity index (χ3n) is 6.50. The van der Waals surface area contributed by atoms with Crippen LogP contribution < -0.4 is 5.32 Å². The van der Waals surface area contributed by atoms with Crippen molar-refractivity contribution in [1.29, 1.82) is 0 Å². The summed E-state index contributed by atoms with van der Waals surface area (Å²) in [7, 11) is -3.91. The molecular weight excluding hydrogens is 476 g/mol. The highest BCUT2D eigenvalue weighted by molar-refractivity contribution is 7.89. The van der Waals surface area contributed by atoms with Crippen LogP contribution >= 0.6 is 0 Å². The van der Waals surface area contributed by atoms with E-state index in [1.807, 2.05) is 45.0 Å². The monoisotopic (exact) mass is 508 g/mol. The fourth-order valence-electron chi connectivity index (χ4n) is 4.74. The lowest BCUT2D eigenvalue weighted by atomic mass is 9.99. The van der Waals surface area contributed by atoms with Crippen molar-refractivity contribution in [3.8, 4) is 0 Å². The Morgan fingerprint density at radius 1 is 1.17 bits per heavy atom. The van der Waals surface area contributed by atoms with Gasteiger partial charge in [0.2, 0.25) is 15.9 Å². The van der Waals surface area contributed by atoms with Crippen molar-refractivity contribution >= 4 is 28.1 Å². The van der Waals surface area contributed by atoms with E-state index in [0.29, 0.717) is 31.6 Å². The molecule has 190 valence electrons. The van der Waals surface area contributed by atoms with E-state index < -0.39 is 15.9 Å². The lowest BCUT2D eigenvalue weighted by Gasteiger charge is -2.31. The number of aromatic nitrogens is 2. The third-order valence-corrected chi connectivity index (χ3v) is 8.52. The number of hydrogen-bond acceptors (Lipinski definition) is 6. The van der Waals surface area contributed by atoms with Gasteiger partial charge in [-0.25, -0.2) is 8.42 Å². The highest BCUT2D eigenvalue weighted by Crippen LogP contribution is 2.30. The van der Waals surface area contributed by atoms with Gasteiger partial charge in [-0.3, -0.25) is 9.78 Å². The Balaban J connectivity index is 1.52. The van der Waals surface area contributed by atoms with Crippen LogP contribution in [0.25, 0.3) is 12.2 Å². The average Bonchev–Trinajstić information content (AvgIpc) is 3.23. The molecule has 1 aliphatic heterocycles. The molecule has 0 aliphatic carbocycles. The number of pyridine rings is 1. The van der Waals surface area contributed by atoms with E-state index >= 15 is 0 Å². The quantitative estimate of drug-likeness (QED) is 0.513. The maximum Gasteiger partial charge on any atom is 0.248 e. The van der Waals surface area contributed by atoms with Crippen molar-refractivity contribution in [3.05, 3.63) is 75.9 Å². The van der Waals surface area contributed by atoms with Gasteiger partial charge in [-0.15, -0.1) is 0 Å². The van der Waals surface area contributed by atoms with Gasteiger partial charge < -0.3 is 9.84 Å². The molecular formula is C27H32N4O4S. The molecule has 9 heteroatoms. The number of sulfonamides is 1. The zero-order valence-corrected chi connectivity index (χ0v) is 21.9. The van der Waals surface area contributed by atoms with E-state index in [2.05, 4.69) is 27.6 Å². The van der Waals surface area contributed by atoms with Crippen molar-refractivity contribution in [1.82, 2.24) is 19.8 Å². The minimum absolute atomic E-state index is 0.0516. The first kappa shape index (κ1) is 25.8. The van der Waals surface area contributed by atoms with E-state index in [9.17, 15) is 13.2 Å². The van der Waals surface area contributed by atoms with E-state index in [0.717, 1.165) is 22.4 Å². The molecule has 0 spiro atoms. The second-order valence-electron chi connectivity index (χ2n) is 9.35. The molecule has 1 saturated heterocycles. The number of carbonyl (C=O) groups excluding carboxylic acids is 1. The maximum atomic E-state index is 13.7. The SMILES string of the molecule is Cc1cc(C)c(/C=C/c2onc(C)c2S(=O)(=O)N2CCC[C@H](C(=O)NCc3ccccn3)C2)c(C)c1. The topological polar surface area (TPSA) is 105 Å². The molecule has 0 bridgehead atoms. The lowest BCUT2D eigenvalue weighted by molar-refractivity contribution is -0.126. The summed E-state index contributed by atoms with van der Waals surface area (Å²) in [5, 5.41) is 6.83. The zero-order valence-electron chi connectivity index (χ0n) is 21.1. The van der Waals surface area contributed by atoms with Gasteiger partial charge in [-0.2, -0.15) is 4.31 Å². The molecule has 1 fully saturated rings. The Morgan fingerprint density at radius 3 is 2.61 bits per heavy atom. The van der Waals surface area contributed by atoms with Gasteiger partial charge in [-0.05, 0) is 75.4 Å². The Bertz CT molecular complexity index is 1360. The molecule has 3 heterocycles. The van der Waals surface area contributed by atoms with E-state index in [1.165, 1.54) is 9.87 Å². The normalized spacial score (nSPS) is 16.9. The summed E-state index contributed by atoms with van der Waals surface area (Å²) < 4.78 is 34.2. The highest BCUT2D eigenvalue weighted by atomic mass is 32.2. The number of amides is 1. The Hall–Kier alpha value is -3.30. The molecule has 4 rings (SSSR count). The summed E-state index contributed by atoms with van der Waals surface area (Å²) in [5.74, 6) is -0.420. The van der Waals surface area contributed by atoms with Gasteiger partial charge in [0, 0.05) is 19.3 Å². The Morgan fingerprint density at radius 2 is 1.92 bits per heavy atom. The van der Waals surface area contributed by atoms with Crippen LogP contribution in [0.4, 0.5) is 0 Å². The van der Waals surface area contributed by atoms with Gasteiger partial charge in [0.25, 0.3) is 0 Å². The molecule has 3 aromatic rings. The number of piperidine rings is 1. The van der Waals surface area contributed by atoms with Gasteiger partial charge in [0.1, 0.15) is 5.69 Å². The van der Waals surface area contributed by atoms with Gasteiger partial charge in [-0.1, -0.05) is 35.0 Å². The number of nitrogens with zero attached hydrogens (tertiary/aromatic N) is 3. The number of carbonyl (C=O) groups is 1. The zero-order chi connectivity index (χ0) is 25.9. The number of hydrogen-bond donors (Lipinski definition) is 1. The summed E-state index contributed by atoms with van der Waals surface area (Å²) in [4.78, 5) is 17.1. The smallest absolute Gasteiger partial charge is 0.248 e. The predicted molar refractivity (Wildman–Crippen MR) is 138 cm³/mol. The van der Waals surface area contributed by atoms with Gasteiger partial charge in [0.05, 0.1) is 18.2 Å². The summed E-state index contributed by atoms with van der Waals surface area (Å²) in [6, 6.07) is 9.68. The minimum atomic E-state index is -3.91. The predicted octanol–water partition coefficient (Wildman–Crippen LogP) is 4.19. The molecule has 1 amide bonds. The van der Waals surface area contributed by atoms with Crippen molar-refractivity contribution in [2.24, 2.45) is 5.92 Å². The van der Waals surface area contributed by atoms with Crippen LogP contribution in [0.2, 0.25) is 0 Å². The second-order valence-corrected chi connectivity index (χ2v) is 11.2. The number of rotatable bonds is 7. The number of benzene rings is 1. The minimum Gasteiger partial charge on any atom is -0.355 e.